The standard InChI is InChI=1S/C26H35N5O3/c1-7-27-26(33)25-29-28-24(21-14-20(17(4)5)23(34-6)15-22(21)32)31(25)19-12-10-18(11-13-19)16-30(8-2)9-3/h10-15,17,32H,7-9,16H2,1-6H3,(H,27,33). The Bertz CT molecular complexity index is 1120. The number of carbonyl (C=O) groups excluding carboxylic acids is 1. The summed E-state index contributed by atoms with van der Waals surface area (Å²) in [5.74, 6) is 0.996. The van der Waals surface area contributed by atoms with Crippen molar-refractivity contribution in [3.8, 4) is 28.6 Å². The van der Waals surface area contributed by atoms with E-state index in [0.29, 0.717) is 23.7 Å². The number of aromatic hydroxyl groups is 1. The number of hydrogen-bond donors (Lipinski definition) is 2. The monoisotopic (exact) mass is 465 g/mol. The third-order valence-electron chi connectivity index (χ3n) is 5.91. The van der Waals surface area contributed by atoms with Gasteiger partial charge in [0.25, 0.3) is 5.91 Å². The third-order valence-corrected chi connectivity index (χ3v) is 5.91. The summed E-state index contributed by atoms with van der Waals surface area (Å²) < 4.78 is 7.15. The van der Waals surface area contributed by atoms with Crippen LogP contribution in [0.3, 0.4) is 0 Å². The van der Waals surface area contributed by atoms with Crippen LogP contribution in [0.5, 0.6) is 11.5 Å². The molecule has 0 atom stereocenters. The number of ether oxygens (including phenoxy) is 1. The SMILES string of the molecule is CCNC(=O)c1nnc(-c2cc(C(C)C)c(OC)cc2O)n1-c1ccc(CN(CC)CC)cc1. The first kappa shape index (κ1) is 25.2. The van der Waals surface area contributed by atoms with Crippen molar-refractivity contribution in [2.24, 2.45) is 0 Å². The molecule has 0 radical (unpaired) electrons. The number of nitrogens with one attached hydrogen (secondary N) is 1. The maximum absolute atomic E-state index is 12.8. The second-order valence-electron chi connectivity index (χ2n) is 8.44. The normalized spacial score (nSPS) is 11.3. The van der Waals surface area contributed by atoms with E-state index in [1.54, 1.807) is 17.7 Å². The number of hydrogen-bond acceptors (Lipinski definition) is 6. The van der Waals surface area contributed by atoms with Crippen molar-refractivity contribution in [3.63, 3.8) is 0 Å². The Kier molecular flexibility index (Phi) is 8.28. The van der Waals surface area contributed by atoms with Crippen molar-refractivity contribution in [3.05, 3.63) is 53.3 Å². The average molecular weight is 466 g/mol. The highest BCUT2D eigenvalue weighted by Gasteiger charge is 2.24. The lowest BCUT2D eigenvalue weighted by Crippen LogP contribution is -2.26. The van der Waals surface area contributed by atoms with Crippen LogP contribution in [0.4, 0.5) is 0 Å². The van der Waals surface area contributed by atoms with Gasteiger partial charge in [-0.2, -0.15) is 0 Å². The Balaban J connectivity index is 2.15. The van der Waals surface area contributed by atoms with Gasteiger partial charge in [-0.15, -0.1) is 10.2 Å². The highest BCUT2D eigenvalue weighted by molar-refractivity contribution is 5.92. The summed E-state index contributed by atoms with van der Waals surface area (Å²) in [4.78, 5) is 15.1. The molecule has 1 aromatic heterocycles. The molecule has 0 saturated carbocycles. The number of phenols is 1. The molecule has 0 aliphatic rings. The minimum atomic E-state index is -0.328. The van der Waals surface area contributed by atoms with E-state index in [9.17, 15) is 9.90 Å². The Morgan fingerprint density at radius 1 is 1.12 bits per heavy atom. The number of benzene rings is 2. The Morgan fingerprint density at radius 2 is 1.79 bits per heavy atom. The van der Waals surface area contributed by atoms with E-state index in [2.05, 4.69) is 48.1 Å². The van der Waals surface area contributed by atoms with E-state index in [1.807, 2.05) is 37.3 Å². The molecule has 0 fully saturated rings. The highest BCUT2D eigenvalue weighted by atomic mass is 16.5. The van der Waals surface area contributed by atoms with E-state index in [1.165, 1.54) is 5.56 Å². The van der Waals surface area contributed by atoms with Crippen molar-refractivity contribution in [1.82, 2.24) is 25.0 Å². The van der Waals surface area contributed by atoms with Crippen LogP contribution in [-0.4, -0.2) is 57.4 Å². The number of phenolic OH excluding ortho intramolecular Hbond substituents is 1. The summed E-state index contributed by atoms with van der Waals surface area (Å²) in [6.45, 7) is 13.5. The highest BCUT2D eigenvalue weighted by Crippen LogP contribution is 2.38. The lowest BCUT2D eigenvalue weighted by Gasteiger charge is -2.19. The molecule has 8 heteroatoms. The van der Waals surface area contributed by atoms with E-state index >= 15 is 0 Å². The van der Waals surface area contributed by atoms with Crippen LogP contribution in [-0.2, 0) is 6.54 Å². The molecule has 0 bridgehead atoms. The fourth-order valence-electron chi connectivity index (χ4n) is 3.94. The summed E-state index contributed by atoms with van der Waals surface area (Å²) in [7, 11) is 1.58. The van der Waals surface area contributed by atoms with Crippen LogP contribution in [0, 0.1) is 0 Å². The maximum atomic E-state index is 12.8. The molecule has 2 N–H and O–H groups in total. The molecule has 2 aromatic carbocycles. The van der Waals surface area contributed by atoms with Crippen molar-refractivity contribution in [2.45, 2.75) is 47.1 Å². The molecule has 1 amide bonds. The van der Waals surface area contributed by atoms with E-state index in [4.69, 9.17) is 4.74 Å². The Morgan fingerprint density at radius 3 is 2.35 bits per heavy atom. The number of rotatable bonds is 10. The number of methoxy groups -OCH3 is 1. The molecule has 3 aromatic rings. The lowest BCUT2D eigenvalue weighted by atomic mass is 9.98. The quantitative estimate of drug-likeness (QED) is 0.462. The average Bonchev–Trinajstić information content (AvgIpc) is 3.27. The van der Waals surface area contributed by atoms with Gasteiger partial charge in [-0.05, 0) is 55.3 Å². The predicted molar refractivity (Wildman–Crippen MR) is 134 cm³/mol. The maximum Gasteiger partial charge on any atom is 0.289 e. The zero-order chi connectivity index (χ0) is 24.8. The Hall–Kier alpha value is -3.39. The van der Waals surface area contributed by atoms with Crippen LogP contribution in [0.15, 0.2) is 36.4 Å². The molecule has 182 valence electrons. The molecule has 0 saturated heterocycles. The largest absolute Gasteiger partial charge is 0.507 e. The van der Waals surface area contributed by atoms with Gasteiger partial charge in [0.1, 0.15) is 11.5 Å². The second kappa shape index (κ2) is 11.2. The minimum Gasteiger partial charge on any atom is -0.507 e. The zero-order valence-corrected chi connectivity index (χ0v) is 20.9. The molecule has 1 heterocycles. The summed E-state index contributed by atoms with van der Waals surface area (Å²) in [6, 6.07) is 11.5. The summed E-state index contributed by atoms with van der Waals surface area (Å²) >= 11 is 0. The van der Waals surface area contributed by atoms with Crippen molar-refractivity contribution < 1.29 is 14.6 Å². The lowest BCUT2D eigenvalue weighted by molar-refractivity contribution is 0.0943. The number of carbonyl (C=O) groups is 1. The number of aromatic nitrogens is 3. The van der Waals surface area contributed by atoms with Gasteiger partial charge in [-0.1, -0.05) is 39.8 Å². The summed E-state index contributed by atoms with van der Waals surface area (Å²) in [6.07, 6.45) is 0. The van der Waals surface area contributed by atoms with E-state index < -0.39 is 0 Å². The van der Waals surface area contributed by atoms with Gasteiger partial charge < -0.3 is 15.2 Å². The number of nitrogens with zero attached hydrogens (tertiary/aromatic N) is 4. The molecule has 34 heavy (non-hydrogen) atoms. The van der Waals surface area contributed by atoms with Crippen molar-refractivity contribution >= 4 is 5.91 Å². The van der Waals surface area contributed by atoms with Gasteiger partial charge in [-0.3, -0.25) is 14.3 Å². The van der Waals surface area contributed by atoms with Gasteiger partial charge in [0.05, 0.1) is 12.7 Å². The van der Waals surface area contributed by atoms with Crippen LogP contribution >= 0.6 is 0 Å². The van der Waals surface area contributed by atoms with Crippen molar-refractivity contribution in [2.75, 3.05) is 26.7 Å². The summed E-state index contributed by atoms with van der Waals surface area (Å²) in [5, 5.41) is 22.2. The number of amides is 1. The van der Waals surface area contributed by atoms with Gasteiger partial charge in [0.2, 0.25) is 5.82 Å². The molecule has 0 aliphatic heterocycles. The van der Waals surface area contributed by atoms with Gasteiger partial charge in [-0.25, -0.2) is 0 Å². The smallest absolute Gasteiger partial charge is 0.289 e. The first-order valence-corrected chi connectivity index (χ1v) is 11.8. The van der Waals surface area contributed by atoms with Gasteiger partial charge >= 0.3 is 0 Å². The van der Waals surface area contributed by atoms with Crippen LogP contribution < -0.4 is 10.1 Å². The van der Waals surface area contributed by atoms with Crippen LogP contribution in [0.25, 0.3) is 17.1 Å². The predicted octanol–water partition coefficient (Wildman–Crippen LogP) is 4.36. The van der Waals surface area contributed by atoms with E-state index in [-0.39, 0.29) is 23.4 Å². The van der Waals surface area contributed by atoms with Crippen LogP contribution in [0.1, 0.15) is 62.3 Å². The first-order valence-electron chi connectivity index (χ1n) is 11.8. The summed E-state index contributed by atoms with van der Waals surface area (Å²) in [5.41, 5.74) is 3.33. The minimum absolute atomic E-state index is 0.00973. The second-order valence-corrected chi connectivity index (χ2v) is 8.44. The molecule has 0 spiro atoms. The first-order chi connectivity index (χ1) is 16.3. The fraction of sp³-hybridized carbons (Fsp3) is 0.423. The molecule has 0 aliphatic carbocycles. The molecular formula is C26H35N5O3. The van der Waals surface area contributed by atoms with E-state index in [0.717, 1.165) is 30.9 Å². The Labute approximate surface area is 201 Å². The zero-order valence-electron chi connectivity index (χ0n) is 20.9. The molecular weight excluding hydrogens is 430 g/mol. The third kappa shape index (κ3) is 5.22. The van der Waals surface area contributed by atoms with Crippen LogP contribution in [0.2, 0.25) is 0 Å². The fourth-order valence-corrected chi connectivity index (χ4v) is 3.94. The van der Waals surface area contributed by atoms with Gasteiger partial charge in [0, 0.05) is 24.8 Å². The molecule has 8 nitrogen and oxygen atoms in total. The molecule has 0 unspecified atom stereocenters. The van der Waals surface area contributed by atoms with Gasteiger partial charge in [0.15, 0.2) is 5.82 Å². The molecule has 3 rings (SSSR count). The van der Waals surface area contributed by atoms with Crippen molar-refractivity contribution in [1.29, 1.82) is 0 Å². The topological polar surface area (TPSA) is 92.5 Å².